The quantitative estimate of drug-likeness (QED) is 0.775. The number of fused-ring (bicyclic) bond motifs is 1. The van der Waals surface area contributed by atoms with Crippen LogP contribution in [-0.4, -0.2) is 15.5 Å². The highest BCUT2D eigenvalue weighted by atomic mass is 35.5. The lowest BCUT2D eigenvalue weighted by atomic mass is 10.2. The Labute approximate surface area is 148 Å². The smallest absolute Gasteiger partial charge is 0.262 e. The number of nitrogens with zero attached hydrogens (tertiary/aromatic N) is 2. The zero-order valence-electron chi connectivity index (χ0n) is 13.6. The minimum atomic E-state index is -0.861. The monoisotopic (exact) mass is 359 g/mol. The number of nitrogens with one attached hydrogen (secondary N) is 1. The Bertz CT molecular complexity index is 1030. The highest BCUT2D eigenvalue weighted by Gasteiger charge is 2.21. The van der Waals surface area contributed by atoms with Gasteiger partial charge in [-0.25, -0.2) is 9.37 Å². The van der Waals surface area contributed by atoms with Crippen LogP contribution in [0.4, 0.5) is 10.1 Å². The summed E-state index contributed by atoms with van der Waals surface area (Å²) in [6.07, 6.45) is 0. The van der Waals surface area contributed by atoms with E-state index in [1.807, 2.05) is 0 Å². The van der Waals surface area contributed by atoms with Crippen LogP contribution < -0.4 is 10.9 Å². The standard InChI is InChI=1S/C18H15ClFN3O2/c1-10(17(24)22-16-8-7-12(19)9-14(16)20)23-11(2)21-15-6-4-3-5-13(15)18(23)25/h3-10H,1-2H3,(H,22,24)/t10-/m0/s1. The fourth-order valence-electron chi connectivity index (χ4n) is 2.66. The van der Waals surface area contributed by atoms with E-state index in [4.69, 9.17) is 11.6 Å². The second kappa shape index (κ2) is 6.64. The first-order valence-electron chi connectivity index (χ1n) is 7.62. The number of rotatable bonds is 3. The molecule has 1 N–H and O–H groups in total. The van der Waals surface area contributed by atoms with Crippen LogP contribution >= 0.6 is 11.6 Å². The van der Waals surface area contributed by atoms with Crippen molar-refractivity contribution in [2.75, 3.05) is 5.32 Å². The first-order valence-corrected chi connectivity index (χ1v) is 8.00. The van der Waals surface area contributed by atoms with Gasteiger partial charge in [0.2, 0.25) is 5.91 Å². The maximum Gasteiger partial charge on any atom is 0.262 e. The molecular weight excluding hydrogens is 345 g/mol. The van der Waals surface area contributed by atoms with E-state index < -0.39 is 17.8 Å². The molecule has 0 aliphatic heterocycles. The molecule has 25 heavy (non-hydrogen) atoms. The van der Waals surface area contributed by atoms with Crippen LogP contribution in [0.3, 0.4) is 0 Å². The van der Waals surface area contributed by atoms with Gasteiger partial charge in [0.1, 0.15) is 17.7 Å². The largest absolute Gasteiger partial charge is 0.322 e. The number of carbonyl (C=O) groups excluding carboxylic acids is 1. The predicted molar refractivity (Wildman–Crippen MR) is 95.5 cm³/mol. The summed E-state index contributed by atoms with van der Waals surface area (Å²) < 4.78 is 15.2. The van der Waals surface area contributed by atoms with Gasteiger partial charge in [0, 0.05) is 5.02 Å². The number of para-hydroxylation sites is 1. The van der Waals surface area contributed by atoms with Crippen molar-refractivity contribution in [2.45, 2.75) is 19.9 Å². The fraction of sp³-hybridized carbons (Fsp3) is 0.167. The van der Waals surface area contributed by atoms with Gasteiger partial charge in [-0.05, 0) is 44.2 Å². The van der Waals surface area contributed by atoms with Gasteiger partial charge < -0.3 is 5.32 Å². The SMILES string of the molecule is Cc1nc2ccccc2c(=O)n1[C@@H](C)C(=O)Nc1ccc(Cl)cc1F. The van der Waals surface area contributed by atoms with Gasteiger partial charge in [0.15, 0.2) is 0 Å². The molecule has 1 amide bonds. The Morgan fingerprint density at radius 2 is 2.00 bits per heavy atom. The average molecular weight is 360 g/mol. The maximum atomic E-state index is 13.9. The molecule has 0 unspecified atom stereocenters. The Kier molecular flexibility index (Phi) is 4.55. The molecule has 3 aromatic rings. The van der Waals surface area contributed by atoms with Gasteiger partial charge in [0.05, 0.1) is 16.6 Å². The lowest BCUT2D eigenvalue weighted by Gasteiger charge is -2.18. The number of hydrogen-bond acceptors (Lipinski definition) is 3. The summed E-state index contributed by atoms with van der Waals surface area (Å²) in [6.45, 7) is 3.22. The van der Waals surface area contributed by atoms with E-state index >= 15 is 0 Å². The molecule has 7 heteroatoms. The van der Waals surface area contributed by atoms with E-state index in [0.717, 1.165) is 6.07 Å². The van der Waals surface area contributed by atoms with Crippen LogP contribution in [0.25, 0.3) is 10.9 Å². The normalized spacial score (nSPS) is 12.2. The molecule has 1 heterocycles. The molecule has 1 atom stereocenters. The minimum Gasteiger partial charge on any atom is -0.322 e. The molecule has 0 aliphatic rings. The van der Waals surface area contributed by atoms with Crippen molar-refractivity contribution >= 4 is 34.1 Å². The van der Waals surface area contributed by atoms with E-state index in [1.165, 1.54) is 16.7 Å². The third-order valence-corrected chi connectivity index (χ3v) is 4.17. The zero-order valence-corrected chi connectivity index (χ0v) is 14.3. The number of hydrogen-bond donors (Lipinski definition) is 1. The predicted octanol–water partition coefficient (Wildman–Crippen LogP) is 3.70. The van der Waals surface area contributed by atoms with E-state index in [9.17, 15) is 14.0 Å². The highest BCUT2D eigenvalue weighted by molar-refractivity contribution is 6.30. The minimum absolute atomic E-state index is 0.000649. The molecule has 2 aromatic carbocycles. The summed E-state index contributed by atoms with van der Waals surface area (Å²) in [7, 11) is 0. The molecule has 0 saturated carbocycles. The van der Waals surface area contributed by atoms with Gasteiger partial charge in [-0.15, -0.1) is 0 Å². The zero-order chi connectivity index (χ0) is 18.1. The number of carbonyl (C=O) groups is 1. The molecule has 1 aromatic heterocycles. The molecule has 0 spiro atoms. The molecule has 0 fully saturated rings. The van der Waals surface area contributed by atoms with E-state index in [0.29, 0.717) is 16.7 Å². The number of amides is 1. The van der Waals surface area contributed by atoms with Crippen molar-refractivity contribution in [3.05, 3.63) is 69.5 Å². The summed E-state index contributed by atoms with van der Waals surface area (Å²) in [5.41, 5.74) is 0.251. The van der Waals surface area contributed by atoms with Gasteiger partial charge in [-0.3, -0.25) is 14.2 Å². The van der Waals surface area contributed by atoms with Crippen molar-refractivity contribution in [3.8, 4) is 0 Å². The summed E-state index contributed by atoms with van der Waals surface area (Å²) in [5.74, 6) is -0.764. The summed E-state index contributed by atoms with van der Waals surface area (Å²) in [5, 5.41) is 3.13. The van der Waals surface area contributed by atoms with Crippen molar-refractivity contribution in [1.82, 2.24) is 9.55 Å². The van der Waals surface area contributed by atoms with Crippen LogP contribution in [0.2, 0.25) is 5.02 Å². The van der Waals surface area contributed by atoms with E-state index in [2.05, 4.69) is 10.3 Å². The Balaban J connectivity index is 1.97. The molecule has 0 radical (unpaired) electrons. The maximum absolute atomic E-state index is 13.9. The van der Waals surface area contributed by atoms with Crippen LogP contribution in [0.1, 0.15) is 18.8 Å². The summed E-state index contributed by atoms with van der Waals surface area (Å²) >= 11 is 5.70. The van der Waals surface area contributed by atoms with Crippen LogP contribution in [-0.2, 0) is 4.79 Å². The van der Waals surface area contributed by atoms with Crippen molar-refractivity contribution < 1.29 is 9.18 Å². The van der Waals surface area contributed by atoms with Crippen molar-refractivity contribution in [1.29, 1.82) is 0 Å². The van der Waals surface area contributed by atoms with Crippen molar-refractivity contribution in [2.24, 2.45) is 0 Å². The number of halogens is 2. The molecular formula is C18H15ClFN3O2. The molecule has 3 rings (SSSR count). The van der Waals surface area contributed by atoms with Crippen LogP contribution in [0, 0.1) is 12.7 Å². The summed E-state index contributed by atoms with van der Waals surface area (Å²) in [4.78, 5) is 29.6. The van der Waals surface area contributed by atoms with Crippen LogP contribution in [0.15, 0.2) is 47.3 Å². The highest BCUT2D eigenvalue weighted by Crippen LogP contribution is 2.20. The van der Waals surface area contributed by atoms with Crippen LogP contribution in [0.5, 0.6) is 0 Å². The molecule has 5 nitrogen and oxygen atoms in total. The average Bonchev–Trinajstić information content (AvgIpc) is 2.57. The van der Waals surface area contributed by atoms with E-state index in [-0.39, 0.29) is 16.3 Å². The van der Waals surface area contributed by atoms with Gasteiger partial charge in [-0.1, -0.05) is 23.7 Å². The number of anilines is 1. The van der Waals surface area contributed by atoms with E-state index in [1.54, 1.807) is 38.1 Å². The third kappa shape index (κ3) is 3.25. The Morgan fingerprint density at radius 1 is 1.28 bits per heavy atom. The number of benzene rings is 2. The first kappa shape index (κ1) is 17.1. The Morgan fingerprint density at radius 3 is 2.72 bits per heavy atom. The molecule has 0 saturated heterocycles. The topological polar surface area (TPSA) is 64.0 Å². The first-order chi connectivity index (χ1) is 11.9. The fourth-order valence-corrected chi connectivity index (χ4v) is 2.82. The second-order valence-corrected chi connectivity index (χ2v) is 6.08. The second-order valence-electron chi connectivity index (χ2n) is 5.64. The van der Waals surface area contributed by atoms with Gasteiger partial charge in [-0.2, -0.15) is 0 Å². The third-order valence-electron chi connectivity index (χ3n) is 3.94. The molecule has 0 aliphatic carbocycles. The molecule has 0 bridgehead atoms. The lowest BCUT2D eigenvalue weighted by Crippen LogP contribution is -2.34. The number of aryl methyl sites for hydroxylation is 1. The van der Waals surface area contributed by atoms with Crippen molar-refractivity contribution in [3.63, 3.8) is 0 Å². The lowest BCUT2D eigenvalue weighted by molar-refractivity contribution is -0.119. The Hall–Kier alpha value is -2.73. The van der Waals surface area contributed by atoms with Gasteiger partial charge in [0.25, 0.3) is 5.56 Å². The van der Waals surface area contributed by atoms with Gasteiger partial charge >= 0.3 is 0 Å². The number of aromatic nitrogens is 2. The molecule has 128 valence electrons. The summed E-state index contributed by atoms with van der Waals surface area (Å²) in [6, 6.07) is 10.0.